The van der Waals surface area contributed by atoms with Crippen LogP contribution in [0.25, 0.3) is 0 Å². The molecule has 0 saturated carbocycles. The highest BCUT2D eigenvalue weighted by molar-refractivity contribution is 5.95. The van der Waals surface area contributed by atoms with Gasteiger partial charge < -0.3 is 19.4 Å². The van der Waals surface area contributed by atoms with Crippen molar-refractivity contribution in [3.05, 3.63) is 41.5 Å². The van der Waals surface area contributed by atoms with Crippen LogP contribution in [-0.4, -0.2) is 67.2 Å². The first-order valence-corrected chi connectivity index (χ1v) is 9.82. The molecule has 2 saturated heterocycles. The molecule has 4 rings (SSSR count). The maximum absolute atomic E-state index is 14.4. The van der Waals surface area contributed by atoms with E-state index in [2.05, 4.69) is 19.6 Å². The first-order valence-electron chi connectivity index (χ1n) is 9.82. The molecule has 1 amide bonds. The number of piperazine rings is 1. The highest BCUT2D eigenvalue weighted by Gasteiger charge is 2.29. The van der Waals surface area contributed by atoms with E-state index in [0.29, 0.717) is 32.2 Å². The average molecular weight is 421 g/mol. The van der Waals surface area contributed by atoms with Gasteiger partial charge in [0.2, 0.25) is 5.82 Å². The lowest BCUT2D eigenvalue weighted by Gasteiger charge is -2.35. The molecule has 0 unspecified atom stereocenters. The van der Waals surface area contributed by atoms with Crippen LogP contribution in [0.2, 0.25) is 0 Å². The molecule has 2 aliphatic rings. The second kappa shape index (κ2) is 8.37. The third-order valence-electron chi connectivity index (χ3n) is 5.51. The number of carbonyl (C=O) groups is 1. The van der Waals surface area contributed by atoms with Crippen LogP contribution in [0, 0.1) is 17.5 Å². The molecule has 0 bridgehead atoms. The Kier molecular flexibility index (Phi) is 5.65. The van der Waals surface area contributed by atoms with Crippen molar-refractivity contribution in [2.75, 3.05) is 56.2 Å². The molecule has 1 aromatic heterocycles. The molecule has 0 atom stereocenters. The molecule has 0 radical (unpaired) electrons. The first kappa shape index (κ1) is 20.2. The Morgan fingerprint density at radius 3 is 2.10 bits per heavy atom. The summed E-state index contributed by atoms with van der Waals surface area (Å²) in [6, 6.07) is 2.51. The summed E-state index contributed by atoms with van der Waals surface area (Å²) in [6.07, 6.45) is 3.82. The quantitative estimate of drug-likeness (QED) is 0.707. The molecule has 30 heavy (non-hydrogen) atoms. The van der Waals surface area contributed by atoms with Crippen LogP contribution in [-0.2, 0) is 0 Å². The number of halogens is 3. The van der Waals surface area contributed by atoms with Crippen molar-refractivity contribution in [2.45, 2.75) is 12.8 Å². The van der Waals surface area contributed by atoms with E-state index in [9.17, 15) is 18.0 Å². The van der Waals surface area contributed by atoms with Gasteiger partial charge in [0.1, 0.15) is 18.0 Å². The van der Waals surface area contributed by atoms with E-state index in [-0.39, 0.29) is 0 Å². The van der Waals surface area contributed by atoms with Crippen LogP contribution in [0.5, 0.6) is 5.75 Å². The Bertz CT molecular complexity index is 944. The highest BCUT2D eigenvalue weighted by atomic mass is 19.2. The Morgan fingerprint density at radius 1 is 0.900 bits per heavy atom. The molecular formula is C20H22F3N5O2. The number of methoxy groups -OCH3 is 1. The lowest BCUT2D eigenvalue weighted by molar-refractivity contribution is 0.0740. The van der Waals surface area contributed by atoms with Crippen molar-refractivity contribution >= 4 is 17.5 Å². The van der Waals surface area contributed by atoms with Gasteiger partial charge in [-0.05, 0) is 18.9 Å². The molecule has 0 N–H and O–H groups in total. The fourth-order valence-corrected chi connectivity index (χ4v) is 3.85. The summed E-state index contributed by atoms with van der Waals surface area (Å²) < 4.78 is 46.4. The largest absolute Gasteiger partial charge is 0.491 e. The van der Waals surface area contributed by atoms with E-state index in [4.69, 9.17) is 0 Å². The lowest BCUT2D eigenvalue weighted by atomic mass is 10.1. The molecule has 7 nitrogen and oxygen atoms in total. The maximum atomic E-state index is 14.4. The summed E-state index contributed by atoms with van der Waals surface area (Å²) in [6.45, 7) is 3.49. The maximum Gasteiger partial charge on any atom is 0.257 e. The summed E-state index contributed by atoms with van der Waals surface area (Å²) in [5.74, 6) is -3.93. The number of hydrogen-bond acceptors (Lipinski definition) is 6. The molecule has 0 aliphatic carbocycles. The minimum atomic E-state index is -1.45. The zero-order valence-electron chi connectivity index (χ0n) is 16.6. The summed E-state index contributed by atoms with van der Waals surface area (Å²) >= 11 is 0. The minimum Gasteiger partial charge on any atom is -0.491 e. The zero-order valence-corrected chi connectivity index (χ0v) is 16.6. The lowest BCUT2D eigenvalue weighted by Crippen LogP contribution is -2.49. The highest BCUT2D eigenvalue weighted by Crippen LogP contribution is 2.28. The molecule has 1 aromatic carbocycles. The van der Waals surface area contributed by atoms with Gasteiger partial charge in [0.25, 0.3) is 5.91 Å². The summed E-state index contributed by atoms with van der Waals surface area (Å²) in [4.78, 5) is 27.0. The van der Waals surface area contributed by atoms with E-state index < -0.39 is 34.7 Å². The van der Waals surface area contributed by atoms with Crippen molar-refractivity contribution in [3.8, 4) is 5.75 Å². The van der Waals surface area contributed by atoms with Crippen LogP contribution in [0.15, 0.2) is 18.5 Å². The topological polar surface area (TPSA) is 61.8 Å². The number of rotatable bonds is 4. The van der Waals surface area contributed by atoms with E-state index in [0.717, 1.165) is 44.7 Å². The van der Waals surface area contributed by atoms with Gasteiger partial charge in [0, 0.05) is 45.3 Å². The second-order valence-electron chi connectivity index (χ2n) is 7.27. The number of aromatic nitrogens is 2. The molecule has 2 aliphatic heterocycles. The molecule has 2 aromatic rings. The van der Waals surface area contributed by atoms with Gasteiger partial charge in [-0.2, -0.15) is 4.39 Å². The number of benzene rings is 1. The SMILES string of the molecule is COc1c(F)c(F)cc(C(=O)N2CCN(c3cc(N4CCCC4)ncn3)CC2)c1F. The van der Waals surface area contributed by atoms with Crippen molar-refractivity contribution in [1.29, 1.82) is 0 Å². The van der Waals surface area contributed by atoms with Crippen LogP contribution in [0.3, 0.4) is 0 Å². The molecule has 10 heteroatoms. The van der Waals surface area contributed by atoms with Crippen LogP contribution >= 0.6 is 0 Å². The molecule has 160 valence electrons. The van der Waals surface area contributed by atoms with Crippen molar-refractivity contribution in [1.82, 2.24) is 14.9 Å². The summed E-state index contributed by atoms with van der Waals surface area (Å²) in [5.41, 5.74) is -0.544. The summed E-state index contributed by atoms with van der Waals surface area (Å²) in [5, 5.41) is 0. The standard InChI is InChI=1S/C20H22F3N5O2/c1-30-19-17(22)13(10-14(21)18(19)23)20(29)28-8-6-27(7-9-28)16-11-15(24-12-25-16)26-4-2-3-5-26/h10-12H,2-9H2,1H3. The fourth-order valence-electron chi connectivity index (χ4n) is 3.85. The Hall–Kier alpha value is -3.04. The number of anilines is 2. The number of ether oxygens (including phenoxy) is 1. The number of carbonyl (C=O) groups excluding carboxylic acids is 1. The van der Waals surface area contributed by atoms with E-state index >= 15 is 0 Å². The van der Waals surface area contributed by atoms with Crippen LogP contribution in [0.4, 0.5) is 24.8 Å². The monoisotopic (exact) mass is 421 g/mol. The molecule has 2 fully saturated rings. The Morgan fingerprint density at radius 2 is 1.50 bits per heavy atom. The van der Waals surface area contributed by atoms with E-state index in [1.807, 2.05) is 11.0 Å². The van der Waals surface area contributed by atoms with Gasteiger partial charge in [-0.1, -0.05) is 0 Å². The third kappa shape index (κ3) is 3.73. The third-order valence-corrected chi connectivity index (χ3v) is 5.51. The van der Waals surface area contributed by atoms with Crippen LogP contribution < -0.4 is 14.5 Å². The van der Waals surface area contributed by atoms with E-state index in [1.165, 1.54) is 11.2 Å². The second-order valence-corrected chi connectivity index (χ2v) is 7.27. The van der Waals surface area contributed by atoms with Gasteiger partial charge in [-0.25, -0.2) is 18.7 Å². The van der Waals surface area contributed by atoms with Crippen molar-refractivity contribution in [2.24, 2.45) is 0 Å². The minimum absolute atomic E-state index is 0.294. The zero-order chi connectivity index (χ0) is 21.3. The predicted octanol–water partition coefficient (Wildman–Crippen LogP) is 2.47. The first-order chi connectivity index (χ1) is 14.5. The predicted molar refractivity (Wildman–Crippen MR) is 104 cm³/mol. The van der Waals surface area contributed by atoms with Gasteiger partial charge in [0.05, 0.1) is 12.7 Å². The Balaban J connectivity index is 1.46. The number of hydrogen-bond donors (Lipinski definition) is 0. The van der Waals surface area contributed by atoms with Crippen molar-refractivity contribution in [3.63, 3.8) is 0 Å². The number of nitrogens with zero attached hydrogens (tertiary/aromatic N) is 5. The fraction of sp³-hybridized carbons (Fsp3) is 0.450. The Labute approximate surface area is 172 Å². The molecule has 3 heterocycles. The number of amides is 1. The van der Waals surface area contributed by atoms with Gasteiger partial charge >= 0.3 is 0 Å². The van der Waals surface area contributed by atoms with Gasteiger partial charge in [-0.15, -0.1) is 0 Å². The van der Waals surface area contributed by atoms with Crippen LogP contribution in [0.1, 0.15) is 23.2 Å². The van der Waals surface area contributed by atoms with Gasteiger partial charge in [-0.3, -0.25) is 4.79 Å². The summed E-state index contributed by atoms with van der Waals surface area (Å²) in [7, 11) is 1.02. The molecule has 0 spiro atoms. The molecular weight excluding hydrogens is 399 g/mol. The average Bonchev–Trinajstić information content (AvgIpc) is 3.31. The van der Waals surface area contributed by atoms with Crippen molar-refractivity contribution < 1.29 is 22.7 Å². The van der Waals surface area contributed by atoms with E-state index in [1.54, 1.807) is 0 Å². The smallest absolute Gasteiger partial charge is 0.257 e. The van der Waals surface area contributed by atoms with Gasteiger partial charge in [0.15, 0.2) is 17.4 Å². The normalized spacial score (nSPS) is 16.9.